The molecule has 256 valence electrons. The van der Waals surface area contributed by atoms with Crippen LogP contribution in [0.25, 0.3) is 0 Å². The number of thioether (sulfide) groups is 2. The normalized spacial score (nSPS) is 23.2. The van der Waals surface area contributed by atoms with Crippen LogP contribution >= 0.6 is 34.9 Å². The predicted molar refractivity (Wildman–Crippen MR) is 174 cm³/mol. The molecule has 3 aliphatic rings. The monoisotopic (exact) mass is 709 g/mol. The van der Waals surface area contributed by atoms with Crippen molar-refractivity contribution in [3.05, 3.63) is 22.3 Å². The number of aromatic nitrogens is 5. The van der Waals surface area contributed by atoms with Crippen molar-refractivity contribution in [2.75, 3.05) is 37.9 Å². The third-order valence-corrected chi connectivity index (χ3v) is 10.9. The summed E-state index contributed by atoms with van der Waals surface area (Å²) in [7, 11) is 3.90. The Hall–Kier alpha value is -3.42. The predicted octanol–water partition coefficient (Wildman–Crippen LogP) is 1.88. The Morgan fingerprint density at radius 2 is 2.06 bits per heavy atom. The minimum atomic E-state index is -1.28. The largest absolute Gasteiger partial charge is 0.511 e. The quantitative estimate of drug-likeness (QED) is 0.132. The summed E-state index contributed by atoms with van der Waals surface area (Å²) in [5.74, 6) is -0.574. The van der Waals surface area contributed by atoms with Gasteiger partial charge in [0.1, 0.15) is 23.2 Å². The number of fused-ring (bicyclic) bond motifs is 1. The van der Waals surface area contributed by atoms with Crippen molar-refractivity contribution in [2.45, 2.75) is 81.5 Å². The second-order valence-electron chi connectivity index (χ2n) is 11.9. The van der Waals surface area contributed by atoms with E-state index in [-0.39, 0.29) is 29.9 Å². The maximum atomic E-state index is 13.7. The molecular formula is C28H39N9O7S3. The molecule has 5 rings (SSSR count). The molecule has 0 spiro atoms. The van der Waals surface area contributed by atoms with E-state index in [1.165, 1.54) is 46.7 Å². The summed E-state index contributed by atoms with van der Waals surface area (Å²) in [6.07, 6.45) is 1.09. The van der Waals surface area contributed by atoms with Gasteiger partial charge in [-0.05, 0) is 55.3 Å². The third-order valence-electron chi connectivity index (χ3n) is 7.79. The first-order valence-electron chi connectivity index (χ1n) is 15.3. The van der Waals surface area contributed by atoms with Crippen LogP contribution in [0.15, 0.2) is 21.8 Å². The van der Waals surface area contributed by atoms with Crippen molar-refractivity contribution >= 4 is 63.9 Å². The Balaban J connectivity index is 1.27. The first kappa shape index (κ1) is 34.9. The lowest BCUT2D eigenvalue weighted by Gasteiger charge is -2.49. The summed E-state index contributed by atoms with van der Waals surface area (Å²) in [5, 5.41) is 16.8. The van der Waals surface area contributed by atoms with Crippen molar-refractivity contribution in [3.63, 3.8) is 0 Å². The van der Waals surface area contributed by atoms with E-state index in [1.54, 1.807) is 10.1 Å². The van der Waals surface area contributed by atoms with Gasteiger partial charge in [0, 0.05) is 30.4 Å². The van der Waals surface area contributed by atoms with Crippen molar-refractivity contribution in [1.82, 2.24) is 40.3 Å². The Bertz CT molecular complexity index is 1500. The molecule has 1 aliphatic carbocycles. The van der Waals surface area contributed by atoms with Crippen LogP contribution in [0, 0.1) is 5.92 Å². The molecule has 2 aliphatic heterocycles. The fourth-order valence-electron chi connectivity index (χ4n) is 5.48. The number of hydrogen-bond acceptors (Lipinski definition) is 16. The van der Waals surface area contributed by atoms with E-state index in [4.69, 9.17) is 19.9 Å². The molecule has 3 N–H and O–H groups in total. The highest BCUT2D eigenvalue weighted by molar-refractivity contribution is 8.01. The summed E-state index contributed by atoms with van der Waals surface area (Å²) in [4.78, 5) is 59.8. The van der Waals surface area contributed by atoms with Crippen LogP contribution in [-0.4, -0.2) is 115 Å². The lowest BCUT2D eigenvalue weighted by atomic mass is 9.89. The van der Waals surface area contributed by atoms with Gasteiger partial charge in [-0.2, -0.15) is 0 Å². The molecule has 16 nitrogen and oxygen atoms in total. The Morgan fingerprint density at radius 3 is 2.79 bits per heavy atom. The van der Waals surface area contributed by atoms with E-state index in [1.807, 2.05) is 19.0 Å². The molecule has 2 fully saturated rings. The van der Waals surface area contributed by atoms with E-state index in [0.29, 0.717) is 39.8 Å². The second-order valence-corrected chi connectivity index (χ2v) is 14.8. The Kier molecular flexibility index (Phi) is 11.6. The fraction of sp³-hybridized carbons (Fsp3) is 0.643. The van der Waals surface area contributed by atoms with Crippen molar-refractivity contribution < 1.29 is 33.4 Å². The number of thiazole rings is 1. The fourth-order valence-corrected chi connectivity index (χ4v) is 8.43. The second kappa shape index (κ2) is 15.7. The number of ether oxygens (including phenoxy) is 3. The number of tetrazole rings is 1. The molecule has 1 saturated carbocycles. The van der Waals surface area contributed by atoms with Gasteiger partial charge in [-0.25, -0.2) is 19.3 Å². The number of nitrogens with one attached hydrogen (secondary N) is 1. The average Bonchev–Trinajstić information content (AvgIpc) is 3.64. The van der Waals surface area contributed by atoms with Crippen LogP contribution in [0.2, 0.25) is 0 Å². The van der Waals surface area contributed by atoms with Crippen LogP contribution in [0.3, 0.4) is 0 Å². The highest BCUT2D eigenvalue weighted by Gasteiger charge is 2.54. The van der Waals surface area contributed by atoms with Gasteiger partial charge < -0.3 is 30.2 Å². The highest BCUT2D eigenvalue weighted by Crippen LogP contribution is 2.42. The number of anilines is 1. The summed E-state index contributed by atoms with van der Waals surface area (Å²) in [6, 6.07) is -0.847. The zero-order chi connectivity index (χ0) is 33.7. The number of nitrogen functional groups attached to an aromatic ring is 1. The van der Waals surface area contributed by atoms with Crippen molar-refractivity contribution in [2.24, 2.45) is 5.92 Å². The minimum absolute atomic E-state index is 0.0330. The number of likely N-dealkylation sites (N-methyl/N-ethyl adjacent to an activating group) is 1. The summed E-state index contributed by atoms with van der Waals surface area (Å²) in [6.45, 7) is 4.82. The highest BCUT2D eigenvalue weighted by atomic mass is 32.2. The van der Waals surface area contributed by atoms with Gasteiger partial charge in [-0.15, -0.1) is 28.2 Å². The number of hydrogen-bond donors (Lipinski definition) is 2. The molecule has 0 aromatic carbocycles. The van der Waals surface area contributed by atoms with Gasteiger partial charge in [0.2, 0.25) is 17.4 Å². The van der Waals surface area contributed by atoms with Crippen LogP contribution in [0.4, 0.5) is 9.93 Å². The van der Waals surface area contributed by atoms with Crippen molar-refractivity contribution in [1.29, 1.82) is 0 Å². The van der Waals surface area contributed by atoms with Gasteiger partial charge in [-0.3, -0.25) is 14.5 Å². The number of nitrogens with two attached hydrogens (primary N) is 1. The van der Waals surface area contributed by atoms with Gasteiger partial charge in [0.25, 0.3) is 5.91 Å². The number of β-lactam (4-membered cyclic amide) rings is 1. The zero-order valence-electron chi connectivity index (χ0n) is 26.6. The Morgan fingerprint density at radius 1 is 1.26 bits per heavy atom. The number of esters is 1. The van der Waals surface area contributed by atoms with Crippen LogP contribution in [0.1, 0.15) is 45.2 Å². The molecular weight excluding hydrogens is 671 g/mol. The molecule has 47 heavy (non-hydrogen) atoms. The van der Waals surface area contributed by atoms with E-state index in [2.05, 4.69) is 32.7 Å². The number of nitrogens with zero attached hydrogens (tertiary/aromatic N) is 7. The molecule has 1 saturated heterocycles. The van der Waals surface area contributed by atoms with E-state index < -0.39 is 35.7 Å². The van der Waals surface area contributed by atoms with Crippen LogP contribution in [-0.2, 0) is 41.6 Å². The van der Waals surface area contributed by atoms with Gasteiger partial charge in [-0.1, -0.05) is 25.1 Å². The first-order chi connectivity index (χ1) is 22.5. The SMILES string of the molecule is CC1CCCC(OC(=O)OC(C)OC(=O)C2=C(CSc3nnnn3CCN(C)C)CS[C@H]3[C@H](NC(=O)Cc4csc(N)n4)C(=O)N23)C1. The standard InChI is InChI=1S/C28H39N9O7S3/c1-15-6-5-7-19(10-15)44-28(41)43-16(2)42-25(40)22-17(13-47-27-32-33-34-36(27)9-8-35(3)4)12-45-24-21(23(39)37(22)24)31-20(38)11-18-14-46-26(29)30-18/h14-16,19,21,24H,5-13H2,1-4H3,(H2,29,30)(H,31,38)/t15?,16?,19?,21-,24+/m1/s1. The number of rotatable bonds is 13. The maximum absolute atomic E-state index is 13.7. The molecule has 0 radical (unpaired) electrons. The number of amides is 2. The van der Waals surface area contributed by atoms with E-state index >= 15 is 0 Å². The molecule has 19 heteroatoms. The summed E-state index contributed by atoms with van der Waals surface area (Å²) >= 11 is 3.97. The van der Waals surface area contributed by atoms with Gasteiger partial charge in [0.15, 0.2) is 5.13 Å². The lowest BCUT2D eigenvalue weighted by Crippen LogP contribution is -2.70. The van der Waals surface area contributed by atoms with Crippen molar-refractivity contribution in [3.8, 4) is 0 Å². The molecule has 2 aromatic rings. The first-order valence-corrected chi connectivity index (χ1v) is 18.2. The van der Waals surface area contributed by atoms with E-state index in [0.717, 1.165) is 32.2 Å². The number of carbonyl (C=O) groups is 4. The van der Waals surface area contributed by atoms with E-state index in [9.17, 15) is 19.2 Å². The number of carbonyl (C=O) groups excluding carboxylic acids is 4. The molecule has 4 heterocycles. The molecule has 5 atom stereocenters. The zero-order valence-corrected chi connectivity index (χ0v) is 29.1. The smallest absolute Gasteiger partial charge is 0.431 e. The average molecular weight is 710 g/mol. The summed E-state index contributed by atoms with van der Waals surface area (Å²) in [5.41, 5.74) is 6.84. The van der Waals surface area contributed by atoms with Gasteiger partial charge in [0.05, 0.1) is 18.7 Å². The van der Waals surface area contributed by atoms with Crippen LogP contribution < -0.4 is 11.1 Å². The molecule has 2 amide bonds. The van der Waals surface area contributed by atoms with Gasteiger partial charge >= 0.3 is 12.1 Å². The molecule has 0 bridgehead atoms. The lowest BCUT2D eigenvalue weighted by molar-refractivity contribution is -0.170. The molecule has 3 unspecified atom stereocenters. The van der Waals surface area contributed by atoms with Crippen LogP contribution in [0.5, 0.6) is 0 Å². The maximum Gasteiger partial charge on any atom is 0.511 e. The Labute approximate surface area is 284 Å². The minimum Gasteiger partial charge on any atom is -0.431 e. The third kappa shape index (κ3) is 8.94. The summed E-state index contributed by atoms with van der Waals surface area (Å²) < 4.78 is 17.9. The molecule has 2 aromatic heterocycles. The topological polar surface area (TPSA) is 197 Å².